The fourth-order valence-corrected chi connectivity index (χ4v) is 1.31. The standard InChI is InChI=1S/C11H21N5O.HI/c1-3-17-8-4-6-13-11(12-2)14-9-10-5-7-15-16-10;/h5,7H,3-4,6,8-9H2,1-2H3,(H,15,16)(H2,12,13,14);1H. The first-order valence-electron chi connectivity index (χ1n) is 5.87. The van der Waals surface area contributed by atoms with Crippen LogP contribution in [0.2, 0.25) is 0 Å². The summed E-state index contributed by atoms with van der Waals surface area (Å²) in [5.41, 5.74) is 1.03. The topological polar surface area (TPSA) is 74.3 Å². The molecule has 0 bridgehead atoms. The predicted octanol–water partition coefficient (Wildman–Crippen LogP) is 1.12. The van der Waals surface area contributed by atoms with Gasteiger partial charge in [-0.1, -0.05) is 0 Å². The first-order valence-corrected chi connectivity index (χ1v) is 5.87. The highest BCUT2D eigenvalue weighted by molar-refractivity contribution is 14.0. The summed E-state index contributed by atoms with van der Waals surface area (Å²) in [5.74, 6) is 0.788. The van der Waals surface area contributed by atoms with Crippen LogP contribution in [0.5, 0.6) is 0 Å². The van der Waals surface area contributed by atoms with E-state index in [0.717, 1.165) is 37.8 Å². The third kappa shape index (κ3) is 7.49. The molecule has 0 saturated heterocycles. The molecule has 18 heavy (non-hydrogen) atoms. The average molecular weight is 367 g/mol. The zero-order chi connectivity index (χ0) is 12.3. The molecule has 0 saturated carbocycles. The summed E-state index contributed by atoms with van der Waals surface area (Å²) >= 11 is 0. The molecule has 0 aliphatic carbocycles. The molecule has 1 aromatic heterocycles. The molecule has 0 aliphatic heterocycles. The summed E-state index contributed by atoms with van der Waals surface area (Å²) in [7, 11) is 1.75. The Bertz CT molecular complexity index is 315. The largest absolute Gasteiger partial charge is 0.382 e. The average Bonchev–Trinajstić information content (AvgIpc) is 2.86. The second-order valence-corrected chi connectivity index (χ2v) is 3.48. The lowest BCUT2D eigenvalue weighted by Gasteiger charge is -2.10. The quantitative estimate of drug-likeness (QED) is 0.292. The van der Waals surface area contributed by atoms with Gasteiger partial charge in [0.1, 0.15) is 0 Å². The molecule has 0 aliphatic rings. The van der Waals surface area contributed by atoms with Crippen LogP contribution in [0.15, 0.2) is 17.3 Å². The van der Waals surface area contributed by atoms with E-state index in [1.807, 2.05) is 13.0 Å². The van der Waals surface area contributed by atoms with Crippen molar-refractivity contribution in [1.82, 2.24) is 20.8 Å². The summed E-state index contributed by atoms with van der Waals surface area (Å²) in [4.78, 5) is 4.12. The molecule has 7 heteroatoms. The number of nitrogens with zero attached hydrogens (tertiary/aromatic N) is 2. The Kier molecular flexibility index (Phi) is 10.8. The lowest BCUT2D eigenvalue weighted by molar-refractivity contribution is 0.145. The van der Waals surface area contributed by atoms with Crippen LogP contribution in [-0.2, 0) is 11.3 Å². The SMILES string of the molecule is CCOCCCNC(=NC)NCc1ccn[nH]1.I. The second kappa shape index (κ2) is 11.3. The minimum Gasteiger partial charge on any atom is -0.382 e. The lowest BCUT2D eigenvalue weighted by atomic mass is 10.4. The van der Waals surface area contributed by atoms with Crippen molar-refractivity contribution in [2.24, 2.45) is 4.99 Å². The van der Waals surface area contributed by atoms with Crippen molar-refractivity contribution in [1.29, 1.82) is 0 Å². The van der Waals surface area contributed by atoms with Crippen LogP contribution >= 0.6 is 24.0 Å². The van der Waals surface area contributed by atoms with Gasteiger partial charge in [0, 0.05) is 33.0 Å². The first kappa shape index (κ1) is 17.2. The molecule has 1 rings (SSSR count). The predicted molar refractivity (Wildman–Crippen MR) is 83.3 cm³/mol. The first-order chi connectivity index (χ1) is 8.36. The highest BCUT2D eigenvalue weighted by Crippen LogP contribution is 1.89. The zero-order valence-electron chi connectivity index (χ0n) is 10.9. The van der Waals surface area contributed by atoms with Gasteiger partial charge in [-0.05, 0) is 19.4 Å². The molecule has 1 heterocycles. The molecule has 0 atom stereocenters. The molecular weight excluding hydrogens is 345 g/mol. The van der Waals surface area contributed by atoms with E-state index in [1.165, 1.54) is 0 Å². The van der Waals surface area contributed by atoms with E-state index in [9.17, 15) is 0 Å². The highest BCUT2D eigenvalue weighted by Gasteiger charge is 1.98. The van der Waals surface area contributed by atoms with Crippen LogP contribution < -0.4 is 10.6 Å². The molecule has 3 N–H and O–H groups in total. The van der Waals surface area contributed by atoms with E-state index in [4.69, 9.17) is 4.74 Å². The third-order valence-electron chi connectivity index (χ3n) is 2.19. The van der Waals surface area contributed by atoms with Crippen LogP contribution in [0.1, 0.15) is 19.0 Å². The summed E-state index contributed by atoms with van der Waals surface area (Å²) in [6.07, 6.45) is 2.70. The van der Waals surface area contributed by atoms with Crippen molar-refractivity contribution in [3.8, 4) is 0 Å². The van der Waals surface area contributed by atoms with Gasteiger partial charge in [0.15, 0.2) is 5.96 Å². The molecule has 0 amide bonds. The van der Waals surface area contributed by atoms with Crippen molar-refractivity contribution in [2.45, 2.75) is 19.9 Å². The maximum Gasteiger partial charge on any atom is 0.191 e. The van der Waals surface area contributed by atoms with E-state index >= 15 is 0 Å². The fourth-order valence-electron chi connectivity index (χ4n) is 1.31. The van der Waals surface area contributed by atoms with E-state index in [2.05, 4.69) is 25.8 Å². The number of H-pyrrole nitrogens is 1. The van der Waals surface area contributed by atoms with Gasteiger partial charge in [-0.2, -0.15) is 5.10 Å². The lowest BCUT2D eigenvalue weighted by Crippen LogP contribution is -2.37. The Hall–Kier alpha value is -0.830. The number of rotatable bonds is 7. The maximum atomic E-state index is 5.25. The molecule has 104 valence electrons. The van der Waals surface area contributed by atoms with Gasteiger partial charge in [0.2, 0.25) is 0 Å². The molecule has 0 fully saturated rings. The van der Waals surface area contributed by atoms with Gasteiger partial charge in [0.25, 0.3) is 0 Å². The number of nitrogens with one attached hydrogen (secondary N) is 3. The highest BCUT2D eigenvalue weighted by atomic mass is 127. The van der Waals surface area contributed by atoms with E-state index in [1.54, 1.807) is 13.2 Å². The minimum atomic E-state index is 0. The molecule has 0 radical (unpaired) electrons. The van der Waals surface area contributed by atoms with Gasteiger partial charge in [-0.15, -0.1) is 24.0 Å². The Balaban J connectivity index is 0.00000289. The van der Waals surface area contributed by atoms with Gasteiger partial charge >= 0.3 is 0 Å². The number of aliphatic imine (C=N–C) groups is 1. The van der Waals surface area contributed by atoms with Gasteiger partial charge < -0.3 is 15.4 Å². The van der Waals surface area contributed by atoms with Gasteiger partial charge in [-0.25, -0.2) is 0 Å². The van der Waals surface area contributed by atoms with E-state index < -0.39 is 0 Å². The summed E-state index contributed by atoms with van der Waals surface area (Å²) < 4.78 is 5.25. The fraction of sp³-hybridized carbons (Fsp3) is 0.636. The zero-order valence-corrected chi connectivity index (χ0v) is 13.2. The number of hydrogen-bond acceptors (Lipinski definition) is 3. The number of hydrogen-bond donors (Lipinski definition) is 3. The smallest absolute Gasteiger partial charge is 0.191 e. The minimum absolute atomic E-state index is 0. The van der Waals surface area contributed by atoms with Gasteiger partial charge in [0.05, 0.1) is 12.2 Å². The van der Waals surface area contributed by atoms with E-state index in [0.29, 0.717) is 6.54 Å². The molecular formula is C11H22IN5O. The van der Waals surface area contributed by atoms with E-state index in [-0.39, 0.29) is 24.0 Å². The van der Waals surface area contributed by atoms with Crippen LogP contribution in [0.4, 0.5) is 0 Å². The van der Waals surface area contributed by atoms with Crippen LogP contribution in [-0.4, -0.2) is 43.0 Å². The maximum absolute atomic E-state index is 5.25. The summed E-state index contributed by atoms with van der Waals surface area (Å²) in [6, 6.07) is 1.93. The van der Waals surface area contributed by atoms with Crippen molar-refractivity contribution in [2.75, 3.05) is 26.8 Å². The Morgan fingerprint density at radius 2 is 2.33 bits per heavy atom. The van der Waals surface area contributed by atoms with Crippen LogP contribution in [0, 0.1) is 0 Å². The van der Waals surface area contributed by atoms with Gasteiger partial charge in [-0.3, -0.25) is 10.1 Å². The van der Waals surface area contributed by atoms with Crippen molar-refractivity contribution >= 4 is 29.9 Å². The van der Waals surface area contributed by atoms with Crippen LogP contribution in [0.3, 0.4) is 0 Å². The monoisotopic (exact) mass is 367 g/mol. The number of halogens is 1. The normalized spacial score (nSPS) is 10.9. The second-order valence-electron chi connectivity index (χ2n) is 3.48. The van der Waals surface area contributed by atoms with Crippen molar-refractivity contribution in [3.63, 3.8) is 0 Å². The van der Waals surface area contributed by atoms with Crippen LogP contribution in [0.25, 0.3) is 0 Å². The summed E-state index contributed by atoms with van der Waals surface area (Å²) in [6.45, 7) is 5.08. The Labute approximate surface area is 125 Å². The number of aromatic amines is 1. The number of guanidine groups is 1. The molecule has 1 aromatic rings. The van der Waals surface area contributed by atoms with Crippen molar-refractivity contribution < 1.29 is 4.74 Å². The molecule has 0 spiro atoms. The third-order valence-corrected chi connectivity index (χ3v) is 2.19. The molecule has 0 aromatic carbocycles. The van der Waals surface area contributed by atoms with Crippen molar-refractivity contribution in [3.05, 3.63) is 18.0 Å². The summed E-state index contributed by atoms with van der Waals surface area (Å²) in [5, 5.41) is 13.2. The number of aromatic nitrogens is 2. The Morgan fingerprint density at radius 3 is 2.94 bits per heavy atom. The molecule has 6 nitrogen and oxygen atoms in total. The number of ether oxygens (including phenoxy) is 1. The molecule has 0 unspecified atom stereocenters. The Morgan fingerprint density at radius 1 is 1.50 bits per heavy atom.